The quantitative estimate of drug-likeness (QED) is 0.692. The van der Waals surface area contributed by atoms with Crippen LogP contribution < -0.4 is 0 Å². The van der Waals surface area contributed by atoms with Gasteiger partial charge < -0.3 is 23.7 Å². The monoisotopic (exact) mass is 414 g/mol. The van der Waals surface area contributed by atoms with Crippen molar-refractivity contribution in [3.8, 4) is 0 Å². The first-order valence-corrected chi connectivity index (χ1v) is 10.7. The van der Waals surface area contributed by atoms with Gasteiger partial charge in [0.1, 0.15) is 24.4 Å². The van der Waals surface area contributed by atoms with Crippen molar-refractivity contribution in [1.29, 1.82) is 0 Å². The van der Waals surface area contributed by atoms with Crippen LogP contribution in [0.2, 0.25) is 0 Å². The van der Waals surface area contributed by atoms with Crippen molar-refractivity contribution in [3.05, 3.63) is 29.8 Å². The number of ether oxygens (including phenoxy) is 5. The highest BCUT2D eigenvalue weighted by atomic mass is 32.2. The second kappa shape index (κ2) is 6.73. The highest BCUT2D eigenvalue weighted by Crippen LogP contribution is 2.44. The number of rotatable bonds is 4. The van der Waals surface area contributed by atoms with Gasteiger partial charge in [0.25, 0.3) is 10.1 Å². The maximum atomic E-state index is 12.5. The third-order valence-corrected chi connectivity index (χ3v) is 6.24. The van der Waals surface area contributed by atoms with Gasteiger partial charge in [-0.3, -0.25) is 4.18 Å². The molecule has 5 atom stereocenters. The van der Waals surface area contributed by atoms with Crippen LogP contribution in [0.15, 0.2) is 29.2 Å². The SMILES string of the molecule is Cc1ccc(S(=O)(=O)OC[C@@H]2O[C@H]3OC(C)(C)O[C@@H]3[C@H]3OC(C)(C)O[C@H]32)cc1. The number of hydrogen-bond donors (Lipinski definition) is 0. The summed E-state index contributed by atoms with van der Waals surface area (Å²) in [6, 6.07) is 6.46. The Labute approximate surface area is 165 Å². The van der Waals surface area contributed by atoms with Crippen LogP contribution in [0.5, 0.6) is 0 Å². The maximum absolute atomic E-state index is 12.5. The average Bonchev–Trinajstić information content (AvgIpc) is 3.07. The minimum atomic E-state index is -3.93. The number of hydrogen-bond acceptors (Lipinski definition) is 8. The van der Waals surface area contributed by atoms with Crippen molar-refractivity contribution in [2.75, 3.05) is 6.61 Å². The summed E-state index contributed by atoms with van der Waals surface area (Å²) in [5.41, 5.74) is 0.961. The second-order valence-electron chi connectivity index (χ2n) is 8.26. The fraction of sp³-hybridized carbons (Fsp3) is 0.684. The summed E-state index contributed by atoms with van der Waals surface area (Å²) in [5.74, 6) is -1.68. The number of fused-ring (bicyclic) bond motifs is 3. The second-order valence-corrected chi connectivity index (χ2v) is 9.87. The Morgan fingerprint density at radius 2 is 1.46 bits per heavy atom. The zero-order valence-corrected chi connectivity index (χ0v) is 17.4. The van der Waals surface area contributed by atoms with Crippen LogP contribution in [0.25, 0.3) is 0 Å². The predicted molar refractivity (Wildman–Crippen MR) is 96.8 cm³/mol. The van der Waals surface area contributed by atoms with Crippen LogP contribution in [0, 0.1) is 6.92 Å². The van der Waals surface area contributed by atoms with E-state index in [4.69, 9.17) is 27.9 Å². The Bertz CT molecular complexity index is 832. The molecular weight excluding hydrogens is 388 g/mol. The predicted octanol–water partition coefficient (Wildman–Crippen LogP) is 2.10. The van der Waals surface area contributed by atoms with Crippen molar-refractivity contribution in [2.45, 2.75) is 81.8 Å². The molecule has 3 heterocycles. The van der Waals surface area contributed by atoms with Crippen molar-refractivity contribution in [3.63, 3.8) is 0 Å². The molecule has 0 N–H and O–H groups in total. The molecule has 8 nitrogen and oxygen atoms in total. The highest BCUT2D eigenvalue weighted by molar-refractivity contribution is 7.86. The largest absolute Gasteiger partial charge is 0.342 e. The van der Waals surface area contributed by atoms with Gasteiger partial charge in [0.05, 0.1) is 11.5 Å². The van der Waals surface area contributed by atoms with Gasteiger partial charge in [-0.2, -0.15) is 8.42 Å². The fourth-order valence-electron chi connectivity index (χ4n) is 3.76. The molecule has 3 fully saturated rings. The van der Waals surface area contributed by atoms with E-state index >= 15 is 0 Å². The molecule has 4 rings (SSSR count). The lowest BCUT2D eigenvalue weighted by Gasteiger charge is -2.36. The van der Waals surface area contributed by atoms with E-state index in [1.54, 1.807) is 39.8 Å². The van der Waals surface area contributed by atoms with E-state index in [0.29, 0.717) is 0 Å². The van der Waals surface area contributed by atoms with Crippen LogP contribution in [0.1, 0.15) is 33.3 Å². The summed E-state index contributed by atoms with van der Waals surface area (Å²) in [6.45, 7) is 8.83. The lowest BCUT2D eigenvalue weighted by Crippen LogP contribution is -2.56. The molecule has 0 amide bonds. The standard InChI is InChI=1S/C19H26O8S/c1-11-6-8-12(9-7-11)28(20,21)22-10-13-14-15(25-18(2,3)24-14)16-17(23-13)27-19(4,5)26-16/h6-9,13-17H,10H2,1-5H3/t13-,14-,15-,16+,17-/m0/s1. The van der Waals surface area contributed by atoms with Crippen LogP contribution in [-0.4, -0.2) is 57.3 Å². The molecule has 0 unspecified atom stereocenters. The lowest BCUT2D eigenvalue weighted by molar-refractivity contribution is -0.238. The molecule has 0 saturated carbocycles. The summed E-state index contributed by atoms with van der Waals surface area (Å²) in [4.78, 5) is 0.0915. The van der Waals surface area contributed by atoms with E-state index in [2.05, 4.69) is 0 Å². The molecule has 1 aromatic rings. The Morgan fingerprint density at radius 1 is 0.893 bits per heavy atom. The molecule has 3 saturated heterocycles. The fourth-order valence-corrected chi connectivity index (χ4v) is 4.68. The molecule has 0 radical (unpaired) electrons. The third-order valence-electron chi connectivity index (χ3n) is 4.95. The third kappa shape index (κ3) is 3.85. The average molecular weight is 414 g/mol. The van der Waals surface area contributed by atoms with Crippen LogP contribution in [0.3, 0.4) is 0 Å². The first-order chi connectivity index (χ1) is 13.0. The lowest BCUT2D eigenvalue weighted by atomic mass is 9.99. The normalized spacial score (nSPS) is 36.1. The van der Waals surface area contributed by atoms with E-state index in [9.17, 15) is 8.42 Å². The minimum absolute atomic E-state index is 0.0915. The van der Waals surface area contributed by atoms with E-state index in [1.165, 1.54) is 12.1 Å². The van der Waals surface area contributed by atoms with E-state index < -0.39 is 52.4 Å². The highest BCUT2D eigenvalue weighted by Gasteiger charge is 2.60. The molecule has 0 aliphatic carbocycles. The van der Waals surface area contributed by atoms with Gasteiger partial charge in [0, 0.05) is 0 Å². The van der Waals surface area contributed by atoms with Crippen LogP contribution in [-0.2, 0) is 38.0 Å². The Balaban J connectivity index is 1.52. The summed E-state index contributed by atoms with van der Waals surface area (Å²) in [7, 11) is -3.93. The number of aryl methyl sites for hydroxylation is 1. The molecule has 3 aliphatic rings. The smallest absolute Gasteiger partial charge is 0.297 e. The van der Waals surface area contributed by atoms with Gasteiger partial charge in [-0.25, -0.2) is 0 Å². The van der Waals surface area contributed by atoms with Crippen molar-refractivity contribution >= 4 is 10.1 Å². The minimum Gasteiger partial charge on any atom is -0.342 e. The summed E-state index contributed by atoms with van der Waals surface area (Å²) >= 11 is 0. The topological polar surface area (TPSA) is 89.5 Å². The van der Waals surface area contributed by atoms with Gasteiger partial charge in [-0.05, 0) is 46.8 Å². The van der Waals surface area contributed by atoms with E-state index in [0.717, 1.165) is 5.56 Å². The van der Waals surface area contributed by atoms with Gasteiger partial charge in [-0.15, -0.1) is 0 Å². The Hall–Kier alpha value is -1.07. The van der Waals surface area contributed by atoms with Gasteiger partial charge in [0.2, 0.25) is 0 Å². The van der Waals surface area contributed by atoms with Gasteiger partial charge in [0.15, 0.2) is 17.9 Å². The molecule has 0 spiro atoms. The molecule has 3 aliphatic heterocycles. The molecule has 0 aromatic heterocycles. The van der Waals surface area contributed by atoms with Crippen molar-refractivity contribution in [1.82, 2.24) is 0 Å². The van der Waals surface area contributed by atoms with Gasteiger partial charge in [-0.1, -0.05) is 17.7 Å². The maximum Gasteiger partial charge on any atom is 0.297 e. The van der Waals surface area contributed by atoms with Crippen LogP contribution >= 0.6 is 0 Å². The van der Waals surface area contributed by atoms with E-state index in [-0.39, 0.29) is 11.5 Å². The van der Waals surface area contributed by atoms with Crippen molar-refractivity contribution in [2.24, 2.45) is 0 Å². The van der Waals surface area contributed by atoms with Crippen LogP contribution in [0.4, 0.5) is 0 Å². The molecule has 1 aromatic carbocycles. The Morgan fingerprint density at radius 3 is 2.14 bits per heavy atom. The zero-order valence-electron chi connectivity index (χ0n) is 16.6. The van der Waals surface area contributed by atoms with Crippen molar-refractivity contribution < 1.29 is 36.3 Å². The first-order valence-electron chi connectivity index (χ1n) is 9.29. The molecule has 9 heteroatoms. The molecule has 28 heavy (non-hydrogen) atoms. The summed E-state index contributed by atoms with van der Waals surface area (Å²) in [5, 5.41) is 0. The first kappa shape index (κ1) is 20.2. The molecule has 156 valence electrons. The summed E-state index contributed by atoms with van der Waals surface area (Å²) in [6.07, 6.45) is -2.84. The molecular formula is C19H26O8S. The molecule has 0 bridgehead atoms. The summed E-state index contributed by atoms with van der Waals surface area (Å²) < 4.78 is 60.0. The Kier molecular flexibility index (Phi) is 4.86. The number of benzene rings is 1. The van der Waals surface area contributed by atoms with E-state index in [1.807, 2.05) is 6.92 Å². The van der Waals surface area contributed by atoms with Gasteiger partial charge >= 0.3 is 0 Å². The zero-order chi connectivity index (χ0) is 20.3.